The lowest BCUT2D eigenvalue weighted by molar-refractivity contribution is -0.117. The van der Waals surface area contributed by atoms with E-state index in [2.05, 4.69) is 0 Å². The largest absolute Gasteiger partial charge is 0.507 e. The van der Waals surface area contributed by atoms with Crippen molar-refractivity contribution in [3.05, 3.63) is 28.3 Å². The predicted octanol–water partition coefficient (Wildman–Crippen LogP) is 0.772. The van der Waals surface area contributed by atoms with Crippen molar-refractivity contribution in [1.29, 1.82) is 0 Å². The molecule has 0 aliphatic carbocycles. The fourth-order valence-electron chi connectivity index (χ4n) is 1.10. The van der Waals surface area contributed by atoms with Gasteiger partial charge < -0.3 is 15.9 Å². The molecule has 6 heteroatoms. The molecule has 0 unspecified atom stereocenters. The van der Waals surface area contributed by atoms with Gasteiger partial charge in [-0.3, -0.25) is 4.79 Å². The molecule has 0 aliphatic rings. The molecule has 5 nitrogen and oxygen atoms in total. The van der Waals surface area contributed by atoms with E-state index >= 15 is 0 Å². The minimum absolute atomic E-state index is 0.0870. The highest BCUT2D eigenvalue weighted by atomic mass is 35.5. The highest BCUT2D eigenvalue weighted by Gasteiger charge is 2.14. The number of hydrogen-bond donors (Lipinski definition) is 3. The summed E-state index contributed by atoms with van der Waals surface area (Å²) in [4.78, 5) is 21.2. The van der Waals surface area contributed by atoms with Crippen molar-refractivity contribution < 1.29 is 19.8 Å². The molecule has 0 saturated carbocycles. The lowest BCUT2D eigenvalue weighted by atomic mass is 10.1. The maximum Gasteiger partial charge on any atom is 0.339 e. The third-order valence-corrected chi connectivity index (χ3v) is 2.11. The maximum atomic E-state index is 10.6. The summed E-state index contributed by atoms with van der Waals surface area (Å²) in [6.45, 7) is 0. The fourth-order valence-corrected chi connectivity index (χ4v) is 1.33. The number of amides is 1. The lowest BCUT2D eigenvalue weighted by Gasteiger charge is -2.05. The van der Waals surface area contributed by atoms with Crippen molar-refractivity contribution >= 4 is 23.5 Å². The summed E-state index contributed by atoms with van der Waals surface area (Å²) in [5, 5.41) is 18.0. The minimum Gasteiger partial charge on any atom is -0.507 e. The maximum absolute atomic E-state index is 10.6. The number of carbonyl (C=O) groups is 2. The van der Waals surface area contributed by atoms with E-state index in [9.17, 15) is 14.7 Å². The second-order valence-corrected chi connectivity index (χ2v) is 3.32. The van der Waals surface area contributed by atoms with Crippen molar-refractivity contribution in [3.63, 3.8) is 0 Å². The number of aromatic carboxylic acids is 1. The number of halogens is 1. The predicted molar refractivity (Wildman–Crippen MR) is 53.0 cm³/mol. The van der Waals surface area contributed by atoms with Gasteiger partial charge in [0.05, 0.1) is 6.42 Å². The van der Waals surface area contributed by atoms with E-state index in [4.69, 9.17) is 22.4 Å². The molecule has 1 aromatic rings. The SMILES string of the molecule is NC(=O)Cc1cc(O)c(C(=O)O)cc1Cl. The summed E-state index contributed by atoms with van der Waals surface area (Å²) in [7, 11) is 0. The van der Waals surface area contributed by atoms with Gasteiger partial charge in [-0.25, -0.2) is 4.79 Å². The molecule has 0 aromatic heterocycles. The van der Waals surface area contributed by atoms with Crippen LogP contribution in [0.25, 0.3) is 0 Å². The molecule has 80 valence electrons. The second kappa shape index (κ2) is 4.18. The van der Waals surface area contributed by atoms with Gasteiger partial charge in [-0.15, -0.1) is 0 Å². The first kappa shape index (κ1) is 11.3. The monoisotopic (exact) mass is 229 g/mol. The van der Waals surface area contributed by atoms with Crippen LogP contribution in [-0.4, -0.2) is 22.1 Å². The molecule has 1 amide bonds. The number of nitrogens with two attached hydrogens (primary N) is 1. The van der Waals surface area contributed by atoms with Crippen LogP contribution in [0.1, 0.15) is 15.9 Å². The molecule has 0 fully saturated rings. The Labute approximate surface area is 90.1 Å². The molecule has 0 spiro atoms. The highest BCUT2D eigenvalue weighted by Crippen LogP contribution is 2.26. The summed E-state index contributed by atoms with van der Waals surface area (Å²) >= 11 is 5.71. The van der Waals surface area contributed by atoms with Crippen LogP contribution in [0.5, 0.6) is 5.75 Å². The Morgan fingerprint density at radius 2 is 2.00 bits per heavy atom. The number of rotatable bonds is 3. The highest BCUT2D eigenvalue weighted by molar-refractivity contribution is 6.32. The van der Waals surface area contributed by atoms with Crippen LogP contribution in [0.4, 0.5) is 0 Å². The summed E-state index contributed by atoms with van der Waals surface area (Å²) < 4.78 is 0. The Morgan fingerprint density at radius 1 is 1.40 bits per heavy atom. The van der Waals surface area contributed by atoms with Gasteiger partial charge in [0, 0.05) is 5.02 Å². The van der Waals surface area contributed by atoms with Gasteiger partial charge in [0.15, 0.2) is 0 Å². The summed E-state index contributed by atoms with van der Waals surface area (Å²) in [5.74, 6) is -2.34. The van der Waals surface area contributed by atoms with Crippen LogP contribution >= 0.6 is 11.6 Å². The summed E-state index contributed by atoms with van der Waals surface area (Å²) in [5.41, 5.74) is 4.93. The first-order valence-corrected chi connectivity index (χ1v) is 4.32. The van der Waals surface area contributed by atoms with Crippen LogP contribution in [-0.2, 0) is 11.2 Å². The van der Waals surface area contributed by atoms with E-state index in [-0.39, 0.29) is 17.0 Å². The Hall–Kier alpha value is -1.75. The molecule has 15 heavy (non-hydrogen) atoms. The van der Waals surface area contributed by atoms with Crippen LogP contribution in [0, 0.1) is 0 Å². The number of carboxylic acid groups (broad SMARTS) is 1. The van der Waals surface area contributed by atoms with Crippen molar-refractivity contribution in [2.75, 3.05) is 0 Å². The number of phenols is 1. The van der Waals surface area contributed by atoms with E-state index in [1.807, 2.05) is 0 Å². The van der Waals surface area contributed by atoms with Gasteiger partial charge in [-0.1, -0.05) is 11.6 Å². The summed E-state index contributed by atoms with van der Waals surface area (Å²) in [6.07, 6.45) is -0.147. The van der Waals surface area contributed by atoms with Crippen LogP contribution in [0.3, 0.4) is 0 Å². The van der Waals surface area contributed by atoms with Gasteiger partial charge in [0.2, 0.25) is 5.91 Å². The number of benzene rings is 1. The molecular formula is C9H8ClNO4. The molecule has 0 saturated heterocycles. The Bertz CT molecular complexity index is 430. The first-order valence-electron chi connectivity index (χ1n) is 3.94. The summed E-state index contributed by atoms with van der Waals surface area (Å²) in [6, 6.07) is 2.20. The van der Waals surface area contributed by atoms with Gasteiger partial charge in [0.1, 0.15) is 11.3 Å². The standard InChI is InChI=1S/C9H8ClNO4/c10-6-3-5(9(14)15)7(12)1-4(6)2-8(11)13/h1,3,12H,2H2,(H2,11,13)(H,14,15). The number of carboxylic acids is 1. The van der Waals surface area contributed by atoms with E-state index < -0.39 is 17.6 Å². The quantitative estimate of drug-likeness (QED) is 0.713. The van der Waals surface area contributed by atoms with Crippen LogP contribution in [0.15, 0.2) is 12.1 Å². The second-order valence-electron chi connectivity index (χ2n) is 2.91. The normalized spacial score (nSPS) is 9.93. The lowest BCUT2D eigenvalue weighted by Crippen LogP contribution is -2.14. The van der Waals surface area contributed by atoms with Crippen molar-refractivity contribution in [1.82, 2.24) is 0 Å². The van der Waals surface area contributed by atoms with Crippen LogP contribution in [0.2, 0.25) is 5.02 Å². The average Bonchev–Trinajstić information content (AvgIpc) is 2.09. The third kappa shape index (κ3) is 2.60. The Morgan fingerprint density at radius 3 is 2.47 bits per heavy atom. The zero-order chi connectivity index (χ0) is 11.6. The Balaban J connectivity index is 3.19. The van der Waals surface area contributed by atoms with E-state index in [1.165, 1.54) is 0 Å². The number of primary amides is 1. The van der Waals surface area contributed by atoms with Gasteiger partial charge in [0.25, 0.3) is 0 Å². The molecule has 0 radical (unpaired) electrons. The minimum atomic E-state index is -1.29. The van der Waals surface area contributed by atoms with E-state index in [0.717, 1.165) is 12.1 Å². The molecule has 1 rings (SSSR count). The zero-order valence-electron chi connectivity index (χ0n) is 7.53. The van der Waals surface area contributed by atoms with Crippen LogP contribution < -0.4 is 5.73 Å². The Kier molecular flexibility index (Phi) is 3.16. The van der Waals surface area contributed by atoms with Gasteiger partial charge in [-0.2, -0.15) is 0 Å². The van der Waals surface area contributed by atoms with Gasteiger partial charge >= 0.3 is 5.97 Å². The van der Waals surface area contributed by atoms with Gasteiger partial charge in [-0.05, 0) is 17.7 Å². The molecule has 0 atom stereocenters. The van der Waals surface area contributed by atoms with Crippen molar-refractivity contribution in [3.8, 4) is 5.75 Å². The zero-order valence-corrected chi connectivity index (χ0v) is 8.28. The average molecular weight is 230 g/mol. The van der Waals surface area contributed by atoms with Crippen molar-refractivity contribution in [2.24, 2.45) is 5.73 Å². The molecule has 4 N–H and O–H groups in total. The number of aromatic hydroxyl groups is 1. The molecular weight excluding hydrogens is 222 g/mol. The van der Waals surface area contributed by atoms with E-state index in [1.54, 1.807) is 0 Å². The molecule has 0 heterocycles. The number of hydrogen-bond acceptors (Lipinski definition) is 3. The molecule has 0 bridgehead atoms. The smallest absolute Gasteiger partial charge is 0.339 e. The third-order valence-electron chi connectivity index (χ3n) is 1.76. The number of carbonyl (C=O) groups excluding carboxylic acids is 1. The topological polar surface area (TPSA) is 101 Å². The van der Waals surface area contributed by atoms with Crippen molar-refractivity contribution in [2.45, 2.75) is 6.42 Å². The molecule has 0 aliphatic heterocycles. The fraction of sp³-hybridized carbons (Fsp3) is 0.111. The first-order chi connectivity index (χ1) is 6.91. The van der Waals surface area contributed by atoms with E-state index in [0.29, 0.717) is 5.56 Å². The molecule has 1 aromatic carbocycles.